The van der Waals surface area contributed by atoms with Gasteiger partial charge in [0.05, 0.1) is 6.04 Å². The SMILES string of the molecule is CCC(NC(=O)C1CC=CC(NC(=O)OCC2c3ccccc3-c3ccccc32)C1)C(=O)O. The molecule has 2 aromatic rings. The molecule has 3 unspecified atom stereocenters. The van der Waals surface area contributed by atoms with E-state index in [9.17, 15) is 14.4 Å². The maximum atomic E-state index is 12.5. The Balaban J connectivity index is 1.33. The van der Waals surface area contributed by atoms with Gasteiger partial charge in [-0.1, -0.05) is 67.6 Å². The Morgan fingerprint density at radius 1 is 1.06 bits per heavy atom. The van der Waals surface area contributed by atoms with Crippen LogP contribution < -0.4 is 10.6 Å². The number of rotatable bonds is 7. The third kappa shape index (κ3) is 4.92. The Labute approximate surface area is 192 Å². The number of allylic oxidation sites excluding steroid dienone is 1. The number of hydrogen-bond acceptors (Lipinski definition) is 4. The summed E-state index contributed by atoms with van der Waals surface area (Å²) in [6.07, 6.45) is 4.35. The normalized spacial score (nSPS) is 19.8. The summed E-state index contributed by atoms with van der Waals surface area (Å²) in [7, 11) is 0. The zero-order valence-corrected chi connectivity index (χ0v) is 18.5. The van der Waals surface area contributed by atoms with Crippen molar-refractivity contribution in [1.29, 1.82) is 0 Å². The van der Waals surface area contributed by atoms with Crippen LogP contribution in [-0.2, 0) is 14.3 Å². The number of alkyl carbamates (subject to hydrolysis) is 1. The molecule has 0 saturated heterocycles. The van der Waals surface area contributed by atoms with Gasteiger partial charge in [0, 0.05) is 11.8 Å². The monoisotopic (exact) mass is 448 g/mol. The number of carbonyl (C=O) groups excluding carboxylic acids is 2. The van der Waals surface area contributed by atoms with Gasteiger partial charge in [-0.15, -0.1) is 0 Å². The third-order valence-corrected chi connectivity index (χ3v) is 6.37. The van der Waals surface area contributed by atoms with Crippen LogP contribution in [0, 0.1) is 5.92 Å². The van der Waals surface area contributed by atoms with Crippen LogP contribution in [0.2, 0.25) is 0 Å². The minimum absolute atomic E-state index is 0.0226. The summed E-state index contributed by atoms with van der Waals surface area (Å²) < 4.78 is 5.59. The Morgan fingerprint density at radius 3 is 2.30 bits per heavy atom. The van der Waals surface area contributed by atoms with Gasteiger partial charge in [0.1, 0.15) is 12.6 Å². The highest BCUT2D eigenvalue weighted by Gasteiger charge is 2.31. The molecule has 3 N–H and O–H groups in total. The Kier molecular flexibility index (Phi) is 6.77. The smallest absolute Gasteiger partial charge is 0.407 e. The maximum absolute atomic E-state index is 12.5. The Morgan fingerprint density at radius 2 is 1.70 bits per heavy atom. The molecule has 2 aromatic carbocycles. The molecule has 2 aliphatic rings. The quantitative estimate of drug-likeness (QED) is 0.558. The second kappa shape index (κ2) is 9.90. The molecular formula is C26H28N2O5. The van der Waals surface area contributed by atoms with Crippen molar-refractivity contribution < 1.29 is 24.2 Å². The van der Waals surface area contributed by atoms with Crippen molar-refractivity contribution in [2.45, 2.75) is 44.2 Å². The Bertz CT molecular complexity index is 1030. The Hall–Kier alpha value is -3.61. The first-order chi connectivity index (χ1) is 16.0. The van der Waals surface area contributed by atoms with Crippen molar-refractivity contribution in [2.75, 3.05) is 6.61 Å². The number of carbonyl (C=O) groups is 3. The van der Waals surface area contributed by atoms with Crippen LogP contribution in [0.3, 0.4) is 0 Å². The topological polar surface area (TPSA) is 105 Å². The van der Waals surface area contributed by atoms with Gasteiger partial charge in [-0.3, -0.25) is 4.79 Å². The number of benzene rings is 2. The zero-order chi connectivity index (χ0) is 23.4. The van der Waals surface area contributed by atoms with Crippen LogP contribution >= 0.6 is 0 Å². The number of carboxylic acid groups (broad SMARTS) is 1. The van der Waals surface area contributed by atoms with Gasteiger partial charge >= 0.3 is 12.1 Å². The maximum Gasteiger partial charge on any atom is 0.407 e. The number of fused-ring (bicyclic) bond motifs is 3. The fourth-order valence-corrected chi connectivity index (χ4v) is 4.63. The molecule has 4 rings (SSSR count). The number of amides is 2. The number of nitrogens with one attached hydrogen (secondary N) is 2. The molecule has 0 saturated carbocycles. The van der Waals surface area contributed by atoms with Crippen LogP contribution in [0.1, 0.15) is 43.2 Å². The highest BCUT2D eigenvalue weighted by atomic mass is 16.5. The van der Waals surface area contributed by atoms with Crippen LogP contribution in [0.25, 0.3) is 11.1 Å². The summed E-state index contributed by atoms with van der Waals surface area (Å²) in [6.45, 7) is 1.93. The molecule has 33 heavy (non-hydrogen) atoms. The molecule has 7 nitrogen and oxygen atoms in total. The van der Waals surface area contributed by atoms with Crippen molar-refractivity contribution >= 4 is 18.0 Å². The highest BCUT2D eigenvalue weighted by Crippen LogP contribution is 2.44. The molecule has 3 atom stereocenters. The summed E-state index contributed by atoms with van der Waals surface area (Å²) >= 11 is 0. The highest BCUT2D eigenvalue weighted by molar-refractivity contribution is 5.85. The van der Waals surface area contributed by atoms with Gasteiger partial charge in [0.2, 0.25) is 5.91 Å². The van der Waals surface area contributed by atoms with Crippen molar-refractivity contribution in [3.63, 3.8) is 0 Å². The van der Waals surface area contributed by atoms with Crippen LogP contribution in [0.15, 0.2) is 60.7 Å². The van der Waals surface area contributed by atoms with Gasteiger partial charge in [-0.25, -0.2) is 9.59 Å². The fourth-order valence-electron chi connectivity index (χ4n) is 4.63. The van der Waals surface area contributed by atoms with E-state index in [1.165, 1.54) is 0 Å². The predicted octanol–water partition coefficient (Wildman–Crippen LogP) is 3.84. The standard InChI is InChI=1S/C26H28N2O5/c1-2-23(25(30)31)28-24(29)16-8-7-9-17(14-16)27-26(32)33-15-22-20-12-5-3-10-18(20)19-11-4-6-13-21(19)22/h3-7,9-13,16-17,22-23H,2,8,14-15H2,1H3,(H,27,32)(H,28,29)(H,30,31). The minimum Gasteiger partial charge on any atom is -0.480 e. The molecule has 0 radical (unpaired) electrons. The zero-order valence-electron chi connectivity index (χ0n) is 18.5. The second-order valence-electron chi connectivity index (χ2n) is 8.48. The molecule has 172 valence electrons. The third-order valence-electron chi connectivity index (χ3n) is 6.37. The fraction of sp³-hybridized carbons (Fsp3) is 0.346. The minimum atomic E-state index is -1.05. The number of aliphatic carboxylic acids is 1. The molecular weight excluding hydrogens is 420 g/mol. The van der Waals surface area contributed by atoms with E-state index in [0.29, 0.717) is 19.3 Å². The average molecular weight is 449 g/mol. The van der Waals surface area contributed by atoms with E-state index in [4.69, 9.17) is 9.84 Å². The summed E-state index contributed by atoms with van der Waals surface area (Å²) in [4.78, 5) is 36.2. The van der Waals surface area contributed by atoms with Crippen LogP contribution in [0.5, 0.6) is 0 Å². The van der Waals surface area contributed by atoms with Crippen molar-refractivity contribution in [3.05, 3.63) is 71.8 Å². The van der Waals surface area contributed by atoms with Crippen LogP contribution in [0.4, 0.5) is 4.79 Å². The van der Waals surface area contributed by atoms with E-state index in [0.717, 1.165) is 22.3 Å². The van der Waals surface area contributed by atoms with Gasteiger partial charge in [-0.2, -0.15) is 0 Å². The number of hydrogen-bond donors (Lipinski definition) is 3. The lowest BCUT2D eigenvalue weighted by Gasteiger charge is -2.26. The van der Waals surface area contributed by atoms with E-state index in [2.05, 4.69) is 34.9 Å². The van der Waals surface area contributed by atoms with Crippen molar-refractivity contribution in [1.82, 2.24) is 10.6 Å². The molecule has 2 aliphatic carbocycles. The molecule has 0 aromatic heterocycles. The van der Waals surface area contributed by atoms with Gasteiger partial charge < -0.3 is 20.5 Å². The second-order valence-corrected chi connectivity index (χ2v) is 8.48. The lowest BCUT2D eigenvalue weighted by Crippen LogP contribution is -2.46. The van der Waals surface area contributed by atoms with Crippen LogP contribution in [-0.4, -0.2) is 41.8 Å². The number of ether oxygens (including phenoxy) is 1. The molecule has 0 aliphatic heterocycles. The summed E-state index contributed by atoms with van der Waals surface area (Å²) in [5, 5.41) is 14.6. The first-order valence-electron chi connectivity index (χ1n) is 11.3. The molecule has 0 bridgehead atoms. The number of carboxylic acids is 1. The first kappa shape index (κ1) is 22.6. The van der Waals surface area contributed by atoms with E-state index in [1.54, 1.807) is 6.92 Å². The summed E-state index contributed by atoms with van der Waals surface area (Å²) in [5.74, 6) is -1.79. The molecule has 2 amide bonds. The van der Waals surface area contributed by atoms with Crippen molar-refractivity contribution in [3.8, 4) is 11.1 Å². The van der Waals surface area contributed by atoms with E-state index < -0.39 is 24.0 Å². The average Bonchev–Trinajstić information content (AvgIpc) is 3.14. The molecule has 0 fully saturated rings. The molecule has 7 heteroatoms. The van der Waals surface area contributed by atoms with E-state index in [1.807, 2.05) is 36.4 Å². The molecule has 0 spiro atoms. The van der Waals surface area contributed by atoms with E-state index in [-0.39, 0.29) is 24.5 Å². The largest absolute Gasteiger partial charge is 0.480 e. The lowest BCUT2D eigenvalue weighted by atomic mass is 9.90. The summed E-state index contributed by atoms with van der Waals surface area (Å²) in [6, 6.07) is 15.0. The van der Waals surface area contributed by atoms with Gasteiger partial charge in [0.25, 0.3) is 0 Å². The summed E-state index contributed by atoms with van der Waals surface area (Å²) in [5.41, 5.74) is 4.62. The van der Waals surface area contributed by atoms with Gasteiger partial charge in [0.15, 0.2) is 0 Å². The first-order valence-corrected chi connectivity index (χ1v) is 11.3. The lowest BCUT2D eigenvalue weighted by molar-refractivity contribution is -0.142. The van der Waals surface area contributed by atoms with Crippen molar-refractivity contribution in [2.24, 2.45) is 5.92 Å². The predicted molar refractivity (Wildman–Crippen MR) is 124 cm³/mol. The van der Waals surface area contributed by atoms with Gasteiger partial charge in [-0.05, 0) is 41.5 Å². The molecule has 0 heterocycles. The van der Waals surface area contributed by atoms with E-state index >= 15 is 0 Å².